The molecule has 0 heteroatoms. The quantitative estimate of drug-likeness (QED) is 0.603. The van der Waals surface area contributed by atoms with Gasteiger partial charge in [0.1, 0.15) is 0 Å². The third kappa shape index (κ3) is 1.31. The smallest absolute Gasteiger partial charge is 0.00316 e. The minimum atomic E-state index is 0.621. The topological polar surface area (TPSA) is 0 Å². The lowest BCUT2D eigenvalue weighted by molar-refractivity contribution is 0.699. The Kier molecular flexibility index (Phi) is 1.99. The summed E-state index contributed by atoms with van der Waals surface area (Å²) in [5, 5.41) is 0. The van der Waals surface area contributed by atoms with Crippen LogP contribution in [0.3, 0.4) is 0 Å². The molecule has 1 aliphatic rings. The molecule has 0 radical (unpaired) electrons. The van der Waals surface area contributed by atoms with Crippen LogP contribution < -0.4 is 0 Å². The first kappa shape index (κ1) is 8.55. The molecule has 0 amide bonds. The fourth-order valence-electron chi connectivity index (χ4n) is 2.19. The minimum Gasteiger partial charge on any atom is -0.0619 e. The Balaban J connectivity index is 2.44. The van der Waals surface area contributed by atoms with Gasteiger partial charge in [0.15, 0.2) is 0 Å². The van der Waals surface area contributed by atoms with E-state index in [1.54, 1.807) is 5.57 Å². The highest BCUT2D eigenvalue weighted by Gasteiger charge is 2.21. The molecule has 1 aliphatic carbocycles. The Morgan fingerprint density at radius 3 is 2.46 bits per heavy atom. The molecule has 0 saturated heterocycles. The summed E-state index contributed by atoms with van der Waals surface area (Å²) in [7, 11) is 0. The van der Waals surface area contributed by atoms with Crippen LogP contribution in [0.5, 0.6) is 0 Å². The summed E-state index contributed by atoms with van der Waals surface area (Å²) in [6, 6.07) is 8.70. The third-order valence-electron chi connectivity index (χ3n) is 2.95. The second-order valence-corrected chi connectivity index (χ2v) is 4.15. The number of hydrogen-bond acceptors (Lipinski definition) is 0. The Labute approximate surface area is 80.3 Å². The van der Waals surface area contributed by atoms with Gasteiger partial charge in [0.25, 0.3) is 0 Å². The van der Waals surface area contributed by atoms with Gasteiger partial charge in [-0.05, 0) is 17.0 Å². The zero-order valence-corrected chi connectivity index (χ0v) is 8.54. The van der Waals surface area contributed by atoms with E-state index in [0.29, 0.717) is 11.8 Å². The van der Waals surface area contributed by atoms with Gasteiger partial charge >= 0.3 is 0 Å². The molecule has 1 atom stereocenters. The highest BCUT2D eigenvalue weighted by Crippen LogP contribution is 2.38. The maximum atomic E-state index is 2.35. The normalized spacial score (nSPS) is 20.3. The monoisotopic (exact) mass is 172 g/mol. The Morgan fingerprint density at radius 1 is 1.15 bits per heavy atom. The second-order valence-electron chi connectivity index (χ2n) is 4.15. The molecule has 0 fully saturated rings. The maximum absolute atomic E-state index is 2.35. The molecule has 13 heavy (non-hydrogen) atoms. The van der Waals surface area contributed by atoms with Gasteiger partial charge in [-0.15, -0.1) is 0 Å². The van der Waals surface area contributed by atoms with Crippen molar-refractivity contribution >= 4 is 6.08 Å². The van der Waals surface area contributed by atoms with Crippen LogP contribution in [-0.2, 0) is 0 Å². The minimum absolute atomic E-state index is 0.621. The van der Waals surface area contributed by atoms with E-state index in [9.17, 15) is 0 Å². The number of allylic oxidation sites excluding steroid dienone is 1. The van der Waals surface area contributed by atoms with Gasteiger partial charge in [-0.25, -0.2) is 0 Å². The van der Waals surface area contributed by atoms with E-state index in [1.165, 1.54) is 11.1 Å². The number of hydrogen-bond donors (Lipinski definition) is 0. The Bertz CT molecular complexity index is 345. The van der Waals surface area contributed by atoms with Crippen molar-refractivity contribution in [3.05, 3.63) is 41.0 Å². The van der Waals surface area contributed by atoms with Crippen molar-refractivity contribution in [3.63, 3.8) is 0 Å². The average Bonchev–Trinajstić information content (AvgIpc) is 2.45. The van der Waals surface area contributed by atoms with E-state index < -0.39 is 0 Å². The van der Waals surface area contributed by atoms with Crippen molar-refractivity contribution in [2.75, 3.05) is 0 Å². The van der Waals surface area contributed by atoms with E-state index in [0.717, 1.165) is 0 Å². The molecule has 1 unspecified atom stereocenters. The predicted molar refractivity (Wildman–Crippen MR) is 57.7 cm³/mol. The largest absolute Gasteiger partial charge is 0.0619 e. The molecule has 0 spiro atoms. The Morgan fingerprint density at radius 2 is 1.85 bits per heavy atom. The molecule has 1 aromatic rings. The van der Waals surface area contributed by atoms with Gasteiger partial charge in [-0.2, -0.15) is 0 Å². The molecule has 0 aliphatic heterocycles. The number of rotatable bonds is 1. The van der Waals surface area contributed by atoms with E-state index in [4.69, 9.17) is 0 Å². The van der Waals surface area contributed by atoms with Gasteiger partial charge in [0.05, 0.1) is 0 Å². The molecule has 2 rings (SSSR count). The van der Waals surface area contributed by atoms with E-state index in [1.807, 2.05) is 0 Å². The molecule has 0 N–H and O–H groups in total. The molecule has 68 valence electrons. The zero-order valence-electron chi connectivity index (χ0n) is 8.54. The first-order valence-electron chi connectivity index (χ1n) is 5.00. The molecule has 0 heterocycles. The molecular formula is C13H16. The molecule has 1 aromatic carbocycles. The highest BCUT2D eigenvalue weighted by molar-refractivity contribution is 5.66. The van der Waals surface area contributed by atoms with E-state index >= 15 is 0 Å². The standard InChI is InChI=1S/C13H16/c1-9(2)13-8-11-6-4-5-7-12(11)10(13)3/h4-10H,1-3H3. The summed E-state index contributed by atoms with van der Waals surface area (Å²) in [5.41, 5.74) is 4.48. The molecule has 0 aromatic heterocycles. The van der Waals surface area contributed by atoms with Crippen molar-refractivity contribution in [1.29, 1.82) is 0 Å². The van der Waals surface area contributed by atoms with Gasteiger partial charge < -0.3 is 0 Å². The highest BCUT2D eigenvalue weighted by atomic mass is 14.3. The third-order valence-corrected chi connectivity index (χ3v) is 2.95. The van der Waals surface area contributed by atoms with Crippen LogP contribution in [0, 0.1) is 5.92 Å². The van der Waals surface area contributed by atoms with E-state index in [-0.39, 0.29) is 0 Å². The second kappa shape index (κ2) is 3.02. The van der Waals surface area contributed by atoms with Crippen LogP contribution >= 0.6 is 0 Å². The first-order valence-corrected chi connectivity index (χ1v) is 5.00. The summed E-state index contributed by atoms with van der Waals surface area (Å²) in [6.07, 6.45) is 2.35. The molecule has 0 saturated carbocycles. The zero-order chi connectivity index (χ0) is 9.42. The number of fused-ring (bicyclic) bond motifs is 1. The lowest BCUT2D eigenvalue weighted by atomic mass is 9.91. The fourth-order valence-corrected chi connectivity index (χ4v) is 2.19. The van der Waals surface area contributed by atoms with Crippen LogP contribution in [0.4, 0.5) is 0 Å². The van der Waals surface area contributed by atoms with Crippen molar-refractivity contribution < 1.29 is 0 Å². The fraction of sp³-hybridized carbons (Fsp3) is 0.385. The van der Waals surface area contributed by atoms with Gasteiger partial charge in [-0.3, -0.25) is 0 Å². The summed E-state index contributed by atoms with van der Waals surface area (Å²) in [4.78, 5) is 0. The van der Waals surface area contributed by atoms with Crippen LogP contribution in [0.2, 0.25) is 0 Å². The molecular weight excluding hydrogens is 156 g/mol. The van der Waals surface area contributed by atoms with Crippen LogP contribution in [0.25, 0.3) is 6.08 Å². The van der Waals surface area contributed by atoms with Crippen molar-refractivity contribution in [2.45, 2.75) is 26.7 Å². The van der Waals surface area contributed by atoms with E-state index in [2.05, 4.69) is 51.1 Å². The van der Waals surface area contributed by atoms with Crippen molar-refractivity contribution in [1.82, 2.24) is 0 Å². The predicted octanol–water partition coefficient (Wildman–Crippen LogP) is 3.84. The van der Waals surface area contributed by atoms with Crippen molar-refractivity contribution in [2.24, 2.45) is 5.92 Å². The molecule has 0 bridgehead atoms. The number of benzene rings is 1. The van der Waals surface area contributed by atoms with Gasteiger partial charge in [0, 0.05) is 5.92 Å². The lowest BCUT2D eigenvalue weighted by Crippen LogP contribution is -1.99. The SMILES string of the molecule is CC(C)C1=Cc2ccccc2C1C. The maximum Gasteiger partial charge on any atom is 0.00316 e. The summed E-state index contributed by atoms with van der Waals surface area (Å²) >= 11 is 0. The van der Waals surface area contributed by atoms with Crippen LogP contribution in [-0.4, -0.2) is 0 Å². The Hall–Kier alpha value is -1.04. The summed E-state index contributed by atoms with van der Waals surface area (Å²) < 4.78 is 0. The van der Waals surface area contributed by atoms with Gasteiger partial charge in [0.2, 0.25) is 0 Å². The van der Waals surface area contributed by atoms with Crippen LogP contribution in [0.1, 0.15) is 37.8 Å². The summed E-state index contributed by atoms with van der Waals surface area (Å²) in [6.45, 7) is 6.85. The van der Waals surface area contributed by atoms with Gasteiger partial charge in [-0.1, -0.05) is 56.7 Å². The molecule has 0 nitrogen and oxygen atoms in total. The summed E-state index contributed by atoms with van der Waals surface area (Å²) in [5.74, 6) is 1.29. The first-order chi connectivity index (χ1) is 6.20. The van der Waals surface area contributed by atoms with Crippen LogP contribution in [0.15, 0.2) is 29.8 Å². The lowest BCUT2D eigenvalue weighted by Gasteiger charge is -2.13. The average molecular weight is 172 g/mol. The van der Waals surface area contributed by atoms with Crippen molar-refractivity contribution in [3.8, 4) is 0 Å².